The molecule has 4 nitrogen and oxygen atoms in total. The minimum absolute atomic E-state index is 0.0445. The van der Waals surface area contributed by atoms with Crippen molar-refractivity contribution in [2.75, 3.05) is 0 Å². The SMILES string of the molecule is CC(C)c1nc(-c2ccccc2)nc(-c2ccc(F)cc2)c1/C=C/C(=O)O. The highest BCUT2D eigenvalue weighted by Crippen LogP contribution is 2.31. The average Bonchev–Trinajstić information content (AvgIpc) is 2.67. The fourth-order valence-corrected chi connectivity index (χ4v) is 2.79. The van der Waals surface area contributed by atoms with Crippen LogP contribution in [0.2, 0.25) is 0 Å². The highest BCUT2D eigenvalue weighted by atomic mass is 19.1. The molecule has 0 saturated heterocycles. The molecule has 0 fully saturated rings. The van der Waals surface area contributed by atoms with Gasteiger partial charge in [-0.25, -0.2) is 19.2 Å². The van der Waals surface area contributed by atoms with E-state index >= 15 is 0 Å². The number of rotatable bonds is 5. The number of hydrogen-bond acceptors (Lipinski definition) is 3. The molecule has 5 heteroatoms. The van der Waals surface area contributed by atoms with E-state index in [1.54, 1.807) is 12.1 Å². The molecule has 0 bridgehead atoms. The number of carboxylic acids is 1. The second-order valence-corrected chi connectivity index (χ2v) is 6.39. The normalized spacial score (nSPS) is 11.3. The van der Waals surface area contributed by atoms with Crippen LogP contribution in [0.4, 0.5) is 4.39 Å². The topological polar surface area (TPSA) is 63.1 Å². The summed E-state index contributed by atoms with van der Waals surface area (Å²) in [4.78, 5) is 20.4. The van der Waals surface area contributed by atoms with E-state index in [4.69, 9.17) is 10.1 Å². The molecule has 1 aromatic heterocycles. The summed E-state index contributed by atoms with van der Waals surface area (Å²) in [5.74, 6) is -0.807. The Morgan fingerprint density at radius 3 is 2.26 bits per heavy atom. The molecular weight excluding hydrogens is 343 g/mol. The average molecular weight is 362 g/mol. The molecule has 3 rings (SSSR count). The predicted octanol–water partition coefficient (Wildman–Crippen LogP) is 5.17. The summed E-state index contributed by atoms with van der Waals surface area (Å²) in [5, 5.41) is 9.06. The van der Waals surface area contributed by atoms with Crippen LogP contribution in [-0.4, -0.2) is 21.0 Å². The minimum Gasteiger partial charge on any atom is -0.478 e. The van der Waals surface area contributed by atoms with Crippen LogP contribution in [0.5, 0.6) is 0 Å². The molecule has 2 aromatic carbocycles. The third-order valence-corrected chi connectivity index (χ3v) is 4.06. The molecule has 0 saturated carbocycles. The van der Waals surface area contributed by atoms with Gasteiger partial charge in [0.25, 0.3) is 0 Å². The number of nitrogens with zero attached hydrogens (tertiary/aromatic N) is 2. The van der Waals surface area contributed by atoms with Gasteiger partial charge in [0.15, 0.2) is 5.82 Å². The van der Waals surface area contributed by atoms with Gasteiger partial charge in [0, 0.05) is 22.8 Å². The molecule has 0 aliphatic heterocycles. The van der Waals surface area contributed by atoms with E-state index in [0.717, 1.165) is 17.3 Å². The van der Waals surface area contributed by atoms with Gasteiger partial charge < -0.3 is 5.11 Å². The largest absolute Gasteiger partial charge is 0.478 e. The van der Waals surface area contributed by atoms with Crippen LogP contribution >= 0.6 is 0 Å². The fraction of sp³-hybridized carbons (Fsp3) is 0.136. The first kappa shape index (κ1) is 18.5. The van der Waals surface area contributed by atoms with Gasteiger partial charge in [-0.15, -0.1) is 0 Å². The Bertz CT molecular complexity index is 981. The smallest absolute Gasteiger partial charge is 0.328 e. The molecule has 0 aliphatic rings. The maximum Gasteiger partial charge on any atom is 0.328 e. The predicted molar refractivity (Wildman–Crippen MR) is 104 cm³/mol. The molecule has 136 valence electrons. The monoisotopic (exact) mass is 362 g/mol. The number of aliphatic carboxylic acids is 1. The summed E-state index contributed by atoms with van der Waals surface area (Å²) in [5.41, 5.74) is 3.49. The van der Waals surface area contributed by atoms with E-state index in [2.05, 4.69) is 4.98 Å². The number of aromatic nitrogens is 2. The van der Waals surface area contributed by atoms with Crippen molar-refractivity contribution in [2.45, 2.75) is 19.8 Å². The van der Waals surface area contributed by atoms with Gasteiger partial charge in [0.1, 0.15) is 5.82 Å². The number of benzene rings is 2. The fourth-order valence-electron chi connectivity index (χ4n) is 2.79. The summed E-state index contributed by atoms with van der Waals surface area (Å²) in [6.45, 7) is 3.98. The number of hydrogen-bond donors (Lipinski definition) is 1. The molecule has 1 N–H and O–H groups in total. The quantitative estimate of drug-likeness (QED) is 0.636. The molecule has 0 amide bonds. The lowest BCUT2D eigenvalue weighted by molar-refractivity contribution is -0.131. The van der Waals surface area contributed by atoms with Crippen LogP contribution in [0, 0.1) is 5.82 Å². The van der Waals surface area contributed by atoms with Crippen molar-refractivity contribution in [1.29, 1.82) is 0 Å². The molecule has 0 atom stereocenters. The first-order valence-electron chi connectivity index (χ1n) is 8.60. The second-order valence-electron chi connectivity index (χ2n) is 6.39. The van der Waals surface area contributed by atoms with Gasteiger partial charge in [-0.2, -0.15) is 0 Å². The third-order valence-electron chi connectivity index (χ3n) is 4.06. The third kappa shape index (κ3) is 4.26. The Hall–Kier alpha value is -3.34. The van der Waals surface area contributed by atoms with Crippen molar-refractivity contribution in [2.24, 2.45) is 0 Å². The van der Waals surface area contributed by atoms with Crippen LogP contribution < -0.4 is 0 Å². The van der Waals surface area contributed by atoms with Gasteiger partial charge >= 0.3 is 5.97 Å². The molecule has 1 heterocycles. The second kappa shape index (κ2) is 7.91. The van der Waals surface area contributed by atoms with E-state index < -0.39 is 5.97 Å². The zero-order chi connectivity index (χ0) is 19.4. The van der Waals surface area contributed by atoms with Crippen molar-refractivity contribution >= 4 is 12.0 Å². The zero-order valence-electron chi connectivity index (χ0n) is 15.1. The first-order valence-corrected chi connectivity index (χ1v) is 8.60. The van der Waals surface area contributed by atoms with Gasteiger partial charge in [-0.1, -0.05) is 44.2 Å². The molecule has 0 radical (unpaired) electrons. The highest BCUT2D eigenvalue weighted by molar-refractivity contribution is 5.88. The van der Waals surface area contributed by atoms with Crippen molar-refractivity contribution in [3.63, 3.8) is 0 Å². The lowest BCUT2D eigenvalue weighted by Gasteiger charge is -2.16. The first-order chi connectivity index (χ1) is 13.0. The number of carboxylic acid groups (broad SMARTS) is 1. The van der Waals surface area contributed by atoms with Crippen molar-refractivity contribution < 1.29 is 14.3 Å². The van der Waals surface area contributed by atoms with Crippen molar-refractivity contribution in [3.05, 3.63) is 77.7 Å². The molecule has 3 aromatic rings. The van der Waals surface area contributed by atoms with Crippen LogP contribution in [0.25, 0.3) is 28.7 Å². The molecule has 0 aliphatic carbocycles. The Kier molecular flexibility index (Phi) is 5.41. The van der Waals surface area contributed by atoms with E-state index in [1.165, 1.54) is 18.2 Å². The zero-order valence-corrected chi connectivity index (χ0v) is 15.1. The summed E-state index contributed by atoms with van der Waals surface area (Å²) >= 11 is 0. The standard InChI is InChI=1S/C22H19FN2O2/c1-14(2)20-18(12-13-19(26)27)21(15-8-10-17(23)11-9-15)25-22(24-20)16-6-4-3-5-7-16/h3-14H,1-2H3,(H,26,27)/b13-12+. The van der Waals surface area contributed by atoms with Crippen LogP contribution in [0.3, 0.4) is 0 Å². The van der Waals surface area contributed by atoms with Crippen LogP contribution in [0.1, 0.15) is 31.0 Å². The van der Waals surface area contributed by atoms with E-state index in [1.807, 2.05) is 44.2 Å². The van der Waals surface area contributed by atoms with Gasteiger partial charge in [0.2, 0.25) is 0 Å². The summed E-state index contributed by atoms with van der Waals surface area (Å²) in [6.07, 6.45) is 2.57. The number of halogens is 1. The number of carbonyl (C=O) groups is 1. The van der Waals surface area contributed by atoms with Gasteiger partial charge in [-0.3, -0.25) is 0 Å². The Morgan fingerprint density at radius 2 is 1.67 bits per heavy atom. The van der Waals surface area contributed by atoms with Crippen LogP contribution in [-0.2, 0) is 4.79 Å². The molecule has 0 spiro atoms. The maximum absolute atomic E-state index is 13.4. The summed E-state index contributed by atoms with van der Waals surface area (Å²) in [6, 6.07) is 15.5. The Balaban J connectivity index is 2.29. The molecule has 27 heavy (non-hydrogen) atoms. The lowest BCUT2D eigenvalue weighted by atomic mass is 9.97. The Labute approximate surface area is 157 Å². The maximum atomic E-state index is 13.4. The van der Waals surface area contributed by atoms with Crippen molar-refractivity contribution in [1.82, 2.24) is 9.97 Å². The highest BCUT2D eigenvalue weighted by Gasteiger charge is 2.17. The van der Waals surface area contributed by atoms with Crippen LogP contribution in [0.15, 0.2) is 60.7 Å². The van der Waals surface area contributed by atoms with E-state index in [9.17, 15) is 9.18 Å². The van der Waals surface area contributed by atoms with E-state index in [-0.39, 0.29) is 11.7 Å². The summed E-state index contributed by atoms with van der Waals surface area (Å²) in [7, 11) is 0. The minimum atomic E-state index is -1.05. The molecular formula is C22H19FN2O2. The summed E-state index contributed by atoms with van der Waals surface area (Å²) < 4.78 is 13.4. The van der Waals surface area contributed by atoms with E-state index in [0.29, 0.717) is 22.6 Å². The Morgan fingerprint density at radius 1 is 1.00 bits per heavy atom. The lowest BCUT2D eigenvalue weighted by Crippen LogP contribution is -2.05. The molecule has 0 unspecified atom stereocenters. The van der Waals surface area contributed by atoms with Gasteiger partial charge in [0.05, 0.1) is 11.4 Å². The van der Waals surface area contributed by atoms with Crippen molar-refractivity contribution in [3.8, 4) is 22.6 Å². The van der Waals surface area contributed by atoms with Gasteiger partial charge in [-0.05, 0) is 36.3 Å².